The van der Waals surface area contributed by atoms with Gasteiger partial charge in [-0.2, -0.15) is 24.5 Å². The lowest BCUT2D eigenvalue weighted by Gasteiger charge is -2.25. The standard InChI is InChI=1S/C17H19N3O3S2/c1-13-15(7-8-16(18-13)14-5-3-2-4-6-14)17(21)19-25(22,23)20-9-11-24-12-10-20/h2-8H,9-12H2,1H3,(H,19,21). The molecule has 0 atom stereocenters. The summed E-state index contributed by atoms with van der Waals surface area (Å²) in [7, 11) is -3.82. The van der Waals surface area contributed by atoms with E-state index in [2.05, 4.69) is 9.71 Å². The molecule has 0 saturated carbocycles. The quantitative estimate of drug-likeness (QED) is 0.882. The largest absolute Gasteiger partial charge is 0.304 e. The second-order valence-electron chi connectivity index (χ2n) is 5.64. The van der Waals surface area contributed by atoms with Gasteiger partial charge in [0.1, 0.15) is 0 Å². The number of pyridine rings is 1. The lowest BCUT2D eigenvalue weighted by atomic mass is 10.1. The van der Waals surface area contributed by atoms with E-state index in [0.717, 1.165) is 22.8 Å². The monoisotopic (exact) mass is 377 g/mol. The van der Waals surface area contributed by atoms with Gasteiger partial charge in [-0.3, -0.25) is 9.78 Å². The first-order valence-corrected chi connectivity index (χ1v) is 10.5. The summed E-state index contributed by atoms with van der Waals surface area (Å²) in [4.78, 5) is 16.8. The van der Waals surface area contributed by atoms with Crippen LogP contribution in [0.25, 0.3) is 11.3 Å². The van der Waals surface area contributed by atoms with Gasteiger partial charge in [0, 0.05) is 30.2 Å². The Morgan fingerprint density at radius 2 is 1.80 bits per heavy atom. The molecule has 8 heteroatoms. The van der Waals surface area contributed by atoms with Crippen LogP contribution in [-0.4, -0.2) is 48.2 Å². The maximum Gasteiger partial charge on any atom is 0.304 e. The van der Waals surface area contributed by atoms with E-state index in [1.165, 1.54) is 4.31 Å². The van der Waals surface area contributed by atoms with Crippen molar-refractivity contribution in [2.75, 3.05) is 24.6 Å². The van der Waals surface area contributed by atoms with Gasteiger partial charge in [0.2, 0.25) is 0 Å². The van der Waals surface area contributed by atoms with Gasteiger partial charge in [-0.15, -0.1) is 0 Å². The van der Waals surface area contributed by atoms with Crippen molar-refractivity contribution >= 4 is 27.9 Å². The van der Waals surface area contributed by atoms with Crippen molar-refractivity contribution < 1.29 is 13.2 Å². The van der Waals surface area contributed by atoms with E-state index in [1.54, 1.807) is 30.8 Å². The molecule has 25 heavy (non-hydrogen) atoms. The van der Waals surface area contributed by atoms with Crippen molar-refractivity contribution in [3.63, 3.8) is 0 Å². The number of carbonyl (C=O) groups excluding carboxylic acids is 1. The fraction of sp³-hybridized carbons (Fsp3) is 0.294. The van der Waals surface area contributed by atoms with Gasteiger partial charge in [0.15, 0.2) is 0 Å². The van der Waals surface area contributed by atoms with Crippen molar-refractivity contribution in [1.82, 2.24) is 14.0 Å². The molecule has 0 spiro atoms. The summed E-state index contributed by atoms with van der Waals surface area (Å²) in [5.74, 6) is 0.825. The van der Waals surface area contributed by atoms with Crippen molar-refractivity contribution in [2.24, 2.45) is 0 Å². The molecule has 0 bridgehead atoms. The fourth-order valence-electron chi connectivity index (χ4n) is 2.59. The Hall–Kier alpha value is -1.90. The first-order chi connectivity index (χ1) is 12.0. The number of amides is 1. The van der Waals surface area contributed by atoms with Crippen LogP contribution >= 0.6 is 11.8 Å². The number of nitrogens with one attached hydrogen (secondary N) is 1. The van der Waals surface area contributed by atoms with E-state index in [-0.39, 0.29) is 5.56 Å². The molecule has 0 aliphatic carbocycles. The predicted molar refractivity (Wildman–Crippen MR) is 99.7 cm³/mol. The lowest BCUT2D eigenvalue weighted by Crippen LogP contribution is -2.47. The zero-order chi connectivity index (χ0) is 17.9. The zero-order valence-corrected chi connectivity index (χ0v) is 15.4. The molecule has 2 heterocycles. The average Bonchev–Trinajstić information content (AvgIpc) is 2.62. The summed E-state index contributed by atoms with van der Waals surface area (Å²) in [6.07, 6.45) is 0. The third kappa shape index (κ3) is 4.20. The molecule has 6 nitrogen and oxygen atoms in total. The number of aromatic nitrogens is 1. The number of hydrogen-bond donors (Lipinski definition) is 1. The van der Waals surface area contributed by atoms with Gasteiger partial charge < -0.3 is 0 Å². The minimum atomic E-state index is -3.82. The molecule has 1 N–H and O–H groups in total. The van der Waals surface area contributed by atoms with Crippen LogP contribution < -0.4 is 4.72 Å². The molecular weight excluding hydrogens is 358 g/mol. The Morgan fingerprint density at radius 3 is 2.44 bits per heavy atom. The molecule has 3 rings (SSSR count). The van der Waals surface area contributed by atoms with E-state index in [9.17, 15) is 13.2 Å². The molecular formula is C17H19N3O3S2. The van der Waals surface area contributed by atoms with E-state index in [4.69, 9.17) is 0 Å². The van der Waals surface area contributed by atoms with Crippen LogP contribution in [0.4, 0.5) is 0 Å². The van der Waals surface area contributed by atoms with Crippen LogP contribution in [0.15, 0.2) is 42.5 Å². The van der Waals surface area contributed by atoms with Gasteiger partial charge >= 0.3 is 10.2 Å². The van der Waals surface area contributed by atoms with Gasteiger partial charge in [0.05, 0.1) is 17.0 Å². The minimum Gasteiger partial charge on any atom is -0.268 e. The third-order valence-electron chi connectivity index (χ3n) is 3.93. The van der Waals surface area contributed by atoms with Crippen LogP contribution in [0.1, 0.15) is 16.1 Å². The van der Waals surface area contributed by atoms with Crippen LogP contribution in [0.3, 0.4) is 0 Å². The van der Waals surface area contributed by atoms with Crippen molar-refractivity contribution in [1.29, 1.82) is 0 Å². The van der Waals surface area contributed by atoms with Crippen LogP contribution in [0, 0.1) is 6.92 Å². The number of hydrogen-bond acceptors (Lipinski definition) is 5. The highest BCUT2D eigenvalue weighted by molar-refractivity contribution is 7.99. The summed E-state index contributed by atoms with van der Waals surface area (Å²) in [5.41, 5.74) is 2.43. The van der Waals surface area contributed by atoms with Crippen molar-refractivity contribution in [3.8, 4) is 11.3 Å². The molecule has 2 aromatic rings. The highest BCUT2D eigenvalue weighted by atomic mass is 32.2. The molecule has 1 aromatic heterocycles. The third-order valence-corrected chi connectivity index (χ3v) is 6.36. The Morgan fingerprint density at radius 1 is 1.12 bits per heavy atom. The number of aryl methyl sites for hydroxylation is 1. The van der Waals surface area contributed by atoms with Crippen molar-refractivity contribution in [2.45, 2.75) is 6.92 Å². The molecule has 1 saturated heterocycles. The number of nitrogens with zero attached hydrogens (tertiary/aromatic N) is 2. The Labute approximate surface area is 151 Å². The van der Waals surface area contributed by atoms with E-state index in [0.29, 0.717) is 18.8 Å². The Kier molecular flexibility index (Phi) is 5.41. The number of benzene rings is 1. The Balaban J connectivity index is 1.78. The van der Waals surface area contributed by atoms with E-state index < -0.39 is 16.1 Å². The Bertz CT molecular complexity index is 864. The summed E-state index contributed by atoms with van der Waals surface area (Å²) in [6, 6.07) is 12.9. The van der Waals surface area contributed by atoms with E-state index >= 15 is 0 Å². The van der Waals surface area contributed by atoms with Crippen LogP contribution in [-0.2, 0) is 10.2 Å². The first kappa shape index (κ1) is 17.9. The second kappa shape index (κ2) is 7.55. The molecule has 1 fully saturated rings. The van der Waals surface area contributed by atoms with Gasteiger partial charge in [-0.1, -0.05) is 30.3 Å². The lowest BCUT2D eigenvalue weighted by molar-refractivity contribution is 0.0978. The topological polar surface area (TPSA) is 79.4 Å². The average molecular weight is 377 g/mol. The highest BCUT2D eigenvalue weighted by Crippen LogP contribution is 2.19. The van der Waals surface area contributed by atoms with Crippen LogP contribution in [0.5, 0.6) is 0 Å². The number of thioether (sulfide) groups is 1. The summed E-state index contributed by atoms with van der Waals surface area (Å²) in [5, 5.41) is 0. The summed E-state index contributed by atoms with van der Waals surface area (Å²) in [6.45, 7) is 2.53. The SMILES string of the molecule is Cc1nc(-c2ccccc2)ccc1C(=O)NS(=O)(=O)N1CCSCC1. The maximum absolute atomic E-state index is 12.4. The number of rotatable bonds is 4. The van der Waals surface area contributed by atoms with Gasteiger partial charge in [0.25, 0.3) is 5.91 Å². The molecule has 132 valence electrons. The van der Waals surface area contributed by atoms with Gasteiger partial charge in [-0.25, -0.2) is 4.72 Å². The molecule has 1 aliphatic heterocycles. The number of carbonyl (C=O) groups is 1. The first-order valence-electron chi connectivity index (χ1n) is 7.90. The smallest absolute Gasteiger partial charge is 0.268 e. The second-order valence-corrected chi connectivity index (χ2v) is 8.54. The molecule has 0 unspecified atom stereocenters. The molecule has 1 amide bonds. The molecule has 1 aromatic carbocycles. The minimum absolute atomic E-state index is 0.259. The molecule has 1 aliphatic rings. The summed E-state index contributed by atoms with van der Waals surface area (Å²) >= 11 is 1.70. The van der Waals surface area contributed by atoms with E-state index in [1.807, 2.05) is 30.3 Å². The van der Waals surface area contributed by atoms with Crippen LogP contribution in [0.2, 0.25) is 0 Å². The van der Waals surface area contributed by atoms with Crippen molar-refractivity contribution in [3.05, 3.63) is 53.7 Å². The highest BCUT2D eigenvalue weighted by Gasteiger charge is 2.27. The fourth-order valence-corrected chi connectivity index (χ4v) is 4.87. The zero-order valence-electron chi connectivity index (χ0n) is 13.8. The summed E-state index contributed by atoms with van der Waals surface area (Å²) < 4.78 is 28.1. The van der Waals surface area contributed by atoms with Gasteiger partial charge in [-0.05, 0) is 19.1 Å². The predicted octanol–water partition coefficient (Wildman–Crippen LogP) is 2.08. The normalized spacial score (nSPS) is 15.7. The maximum atomic E-state index is 12.4. The molecule has 0 radical (unpaired) electrons.